The van der Waals surface area contributed by atoms with Crippen LogP contribution in [-0.2, 0) is 26.2 Å². The standard InChI is InChI=1S/C20H23NO4S/c1-3-17(14-25-15-18-7-5-4-6-8-18)13-20(22)21-26(23,24)19-11-9-16(2)10-12-19/h3-12,17H,1,13-15H2,2H3,(H,21,22). The summed E-state index contributed by atoms with van der Waals surface area (Å²) in [5.41, 5.74) is 1.97. The molecule has 0 saturated heterocycles. The summed E-state index contributed by atoms with van der Waals surface area (Å²) in [6.07, 6.45) is 1.59. The van der Waals surface area contributed by atoms with Crippen molar-refractivity contribution in [2.24, 2.45) is 5.92 Å². The largest absolute Gasteiger partial charge is 0.376 e. The van der Waals surface area contributed by atoms with Gasteiger partial charge < -0.3 is 4.74 Å². The van der Waals surface area contributed by atoms with Crippen LogP contribution in [0.5, 0.6) is 0 Å². The highest BCUT2D eigenvalue weighted by Gasteiger charge is 2.19. The first-order valence-corrected chi connectivity index (χ1v) is 9.75. The van der Waals surface area contributed by atoms with E-state index in [0.29, 0.717) is 6.61 Å². The number of nitrogens with one attached hydrogen (secondary N) is 1. The van der Waals surface area contributed by atoms with Gasteiger partial charge in [-0.3, -0.25) is 4.79 Å². The minimum absolute atomic E-state index is 0.0105. The molecule has 0 saturated carbocycles. The SMILES string of the molecule is C=CC(COCc1ccccc1)CC(=O)NS(=O)(=O)c1ccc(C)cc1. The van der Waals surface area contributed by atoms with Gasteiger partial charge in [0.2, 0.25) is 5.91 Å². The molecule has 0 radical (unpaired) electrons. The molecular formula is C20H23NO4S. The van der Waals surface area contributed by atoms with Crippen molar-refractivity contribution < 1.29 is 17.9 Å². The van der Waals surface area contributed by atoms with Gasteiger partial charge in [0.25, 0.3) is 10.0 Å². The summed E-state index contributed by atoms with van der Waals surface area (Å²) in [5, 5.41) is 0. The van der Waals surface area contributed by atoms with Crippen LogP contribution in [0.3, 0.4) is 0 Å². The number of carbonyl (C=O) groups is 1. The molecule has 2 aromatic carbocycles. The van der Waals surface area contributed by atoms with Crippen LogP contribution in [0.1, 0.15) is 17.5 Å². The Morgan fingerprint density at radius 2 is 1.81 bits per heavy atom. The summed E-state index contributed by atoms with van der Waals surface area (Å²) in [6, 6.07) is 16.0. The molecule has 6 heteroatoms. The van der Waals surface area contributed by atoms with E-state index in [1.54, 1.807) is 18.2 Å². The van der Waals surface area contributed by atoms with Gasteiger partial charge in [-0.2, -0.15) is 0 Å². The van der Waals surface area contributed by atoms with Crippen LogP contribution >= 0.6 is 0 Å². The molecule has 26 heavy (non-hydrogen) atoms. The summed E-state index contributed by atoms with van der Waals surface area (Å²) in [5.74, 6) is -0.856. The zero-order valence-corrected chi connectivity index (χ0v) is 15.5. The summed E-state index contributed by atoms with van der Waals surface area (Å²) in [6.45, 7) is 6.27. The molecule has 1 atom stereocenters. The molecule has 0 aliphatic heterocycles. The predicted octanol–water partition coefficient (Wildman–Crippen LogP) is 3.21. The number of aryl methyl sites for hydroxylation is 1. The molecule has 0 aromatic heterocycles. The molecule has 138 valence electrons. The zero-order chi connectivity index (χ0) is 19.0. The second-order valence-corrected chi connectivity index (χ2v) is 7.72. The molecule has 2 rings (SSSR count). The van der Waals surface area contributed by atoms with Crippen molar-refractivity contribution >= 4 is 15.9 Å². The molecule has 1 N–H and O–H groups in total. The van der Waals surface area contributed by atoms with Gasteiger partial charge in [-0.1, -0.05) is 54.1 Å². The Kier molecular flexibility index (Phi) is 7.12. The normalized spacial score (nSPS) is 12.3. The molecule has 0 aliphatic carbocycles. The third-order valence-corrected chi connectivity index (χ3v) is 5.19. The van der Waals surface area contributed by atoms with E-state index in [2.05, 4.69) is 11.3 Å². The van der Waals surface area contributed by atoms with E-state index in [-0.39, 0.29) is 23.8 Å². The van der Waals surface area contributed by atoms with Crippen molar-refractivity contribution in [1.82, 2.24) is 4.72 Å². The Hall–Kier alpha value is -2.44. The zero-order valence-electron chi connectivity index (χ0n) is 14.7. The Balaban J connectivity index is 1.86. The predicted molar refractivity (Wildman–Crippen MR) is 101 cm³/mol. The van der Waals surface area contributed by atoms with Gasteiger partial charge in [0, 0.05) is 12.3 Å². The van der Waals surface area contributed by atoms with Crippen molar-refractivity contribution in [1.29, 1.82) is 0 Å². The first-order valence-electron chi connectivity index (χ1n) is 8.27. The lowest BCUT2D eigenvalue weighted by Gasteiger charge is -2.13. The Morgan fingerprint density at radius 3 is 2.42 bits per heavy atom. The first-order chi connectivity index (χ1) is 12.4. The van der Waals surface area contributed by atoms with Gasteiger partial charge in [0.15, 0.2) is 0 Å². The third kappa shape index (κ3) is 6.13. The average molecular weight is 373 g/mol. The van der Waals surface area contributed by atoms with E-state index in [1.807, 2.05) is 37.3 Å². The minimum atomic E-state index is -3.87. The van der Waals surface area contributed by atoms with E-state index in [0.717, 1.165) is 11.1 Å². The van der Waals surface area contributed by atoms with Crippen LogP contribution in [-0.4, -0.2) is 20.9 Å². The third-order valence-electron chi connectivity index (χ3n) is 3.80. The average Bonchev–Trinajstić information content (AvgIpc) is 2.61. The highest BCUT2D eigenvalue weighted by molar-refractivity contribution is 7.90. The molecule has 0 bridgehead atoms. The lowest BCUT2D eigenvalue weighted by atomic mass is 10.1. The Morgan fingerprint density at radius 1 is 1.15 bits per heavy atom. The number of sulfonamides is 1. The molecule has 0 aliphatic rings. The summed E-state index contributed by atoms with van der Waals surface area (Å²) in [4.78, 5) is 12.2. The fraction of sp³-hybridized carbons (Fsp3) is 0.250. The highest BCUT2D eigenvalue weighted by atomic mass is 32.2. The quantitative estimate of drug-likeness (QED) is 0.685. The summed E-state index contributed by atoms with van der Waals surface area (Å²) in [7, 11) is -3.87. The topological polar surface area (TPSA) is 72.5 Å². The van der Waals surface area contributed by atoms with Crippen LogP contribution in [0.4, 0.5) is 0 Å². The lowest BCUT2D eigenvalue weighted by molar-refractivity contribution is -0.120. The van der Waals surface area contributed by atoms with Crippen molar-refractivity contribution in [3.05, 3.63) is 78.4 Å². The monoisotopic (exact) mass is 373 g/mol. The number of hydrogen-bond donors (Lipinski definition) is 1. The van der Waals surface area contributed by atoms with E-state index in [4.69, 9.17) is 4.74 Å². The lowest BCUT2D eigenvalue weighted by Crippen LogP contribution is -2.32. The van der Waals surface area contributed by atoms with Gasteiger partial charge in [0.1, 0.15) is 0 Å². The van der Waals surface area contributed by atoms with E-state index < -0.39 is 15.9 Å². The van der Waals surface area contributed by atoms with Crippen LogP contribution in [0, 0.1) is 12.8 Å². The van der Waals surface area contributed by atoms with E-state index in [1.165, 1.54) is 12.1 Å². The maximum atomic E-state index is 12.2. The molecule has 1 unspecified atom stereocenters. The van der Waals surface area contributed by atoms with Gasteiger partial charge >= 0.3 is 0 Å². The molecule has 0 spiro atoms. The van der Waals surface area contributed by atoms with Crippen molar-refractivity contribution in [2.75, 3.05) is 6.61 Å². The van der Waals surface area contributed by atoms with Gasteiger partial charge in [-0.15, -0.1) is 6.58 Å². The van der Waals surface area contributed by atoms with Crippen LogP contribution in [0.15, 0.2) is 72.1 Å². The molecule has 5 nitrogen and oxygen atoms in total. The number of benzene rings is 2. The van der Waals surface area contributed by atoms with Gasteiger partial charge in [-0.25, -0.2) is 13.1 Å². The Labute approximate surface area is 154 Å². The molecule has 2 aromatic rings. The number of carbonyl (C=O) groups excluding carboxylic acids is 1. The number of amides is 1. The molecule has 0 heterocycles. The fourth-order valence-corrected chi connectivity index (χ4v) is 3.31. The number of rotatable bonds is 9. The van der Waals surface area contributed by atoms with Crippen LogP contribution < -0.4 is 4.72 Å². The van der Waals surface area contributed by atoms with Gasteiger partial charge in [0.05, 0.1) is 18.1 Å². The number of hydrogen-bond acceptors (Lipinski definition) is 4. The fourth-order valence-electron chi connectivity index (χ4n) is 2.32. The van der Waals surface area contributed by atoms with E-state index >= 15 is 0 Å². The maximum absolute atomic E-state index is 12.2. The van der Waals surface area contributed by atoms with E-state index in [9.17, 15) is 13.2 Å². The van der Waals surface area contributed by atoms with Crippen molar-refractivity contribution in [3.63, 3.8) is 0 Å². The van der Waals surface area contributed by atoms with Crippen LogP contribution in [0.2, 0.25) is 0 Å². The van der Waals surface area contributed by atoms with Crippen molar-refractivity contribution in [3.8, 4) is 0 Å². The second kappa shape index (κ2) is 9.31. The maximum Gasteiger partial charge on any atom is 0.264 e. The molecule has 0 fully saturated rings. The van der Waals surface area contributed by atoms with Crippen molar-refractivity contribution in [2.45, 2.75) is 24.8 Å². The summed E-state index contributed by atoms with van der Waals surface area (Å²) >= 11 is 0. The molecule has 1 amide bonds. The minimum Gasteiger partial charge on any atom is -0.376 e. The van der Waals surface area contributed by atoms with Gasteiger partial charge in [-0.05, 0) is 24.6 Å². The summed E-state index contributed by atoms with van der Waals surface area (Å²) < 4.78 is 32.2. The number of ether oxygens (including phenoxy) is 1. The molecular weight excluding hydrogens is 350 g/mol. The Bertz CT molecular complexity index is 830. The first kappa shape index (κ1) is 19.9. The second-order valence-electron chi connectivity index (χ2n) is 6.04. The highest BCUT2D eigenvalue weighted by Crippen LogP contribution is 2.12. The smallest absolute Gasteiger partial charge is 0.264 e. The van der Waals surface area contributed by atoms with Crippen LogP contribution in [0.25, 0.3) is 0 Å².